The van der Waals surface area contributed by atoms with Crippen LogP contribution in [0.5, 0.6) is 0 Å². The number of hydrogen-bond donors (Lipinski definition) is 1. The van der Waals surface area contributed by atoms with Gasteiger partial charge in [-0.1, -0.05) is 18.2 Å². The maximum Gasteiger partial charge on any atom is 0.123 e. The molecule has 1 saturated heterocycles. The van der Waals surface area contributed by atoms with Crippen LogP contribution >= 0.6 is 0 Å². The highest BCUT2D eigenvalue weighted by Gasteiger charge is 2.36. The fourth-order valence-electron chi connectivity index (χ4n) is 3.27. The summed E-state index contributed by atoms with van der Waals surface area (Å²) in [4.78, 5) is 0. The number of rotatable bonds is 7. The van der Waals surface area contributed by atoms with E-state index < -0.39 is 0 Å². The predicted octanol–water partition coefficient (Wildman–Crippen LogP) is 2.96. The number of hydrogen-bond acceptors (Lipinski definition) is 3. The van der Waals surface area contributed by atoms with Gasteiger partial charge in [-0.05, 0) is 31.0 Å². The lowest BCUT2D eigenvalue weighted by Crippen LogP contribution is -2.38. The molecule has 3 rings (SSSR count). The average Bonchev–Trinajstić information content (AvgIpc) is 3.17. The Morgan fingerprint density at radius 3 is 2.88 bits per heavy atom. The third kappa shape index (κ3) is 3.57. The maximum absolute atomic E-state index is 13.2. The molecule has 1 aliphatic heterocycles. The molecule has 128 valence electrons. The molecule has 4 nitrogen and oxygen atoms in total. The number of nitrogens with zero attached hydrogens (tertiary/aromatic N) is 2. The standard InChI is InChI=1S/C19H24FN3O/c1-3-9-23-12-16(15(2)22-23)11-21-13-19(8-10-24-14-19)17-4-6-18(20)7-5-17/h3-7,12,21H,1,8-11,13-14H2,2H3/t19-/m1/s1. The molecular weight excluding hydrogens is 305 g/mol. The summed E-state index contributed by atoms with van der Waals surface area (Å²) in [6.45, 7) is 9.44. The van der Waals surface area contributed by atoms with E-state index in [1.165, 1.54) is 17.7 Å². The van der Waals surface area contributed by atoms with Crippen molar-refractivity contribution < 1.29 is 9.13 Å². The van der Waals surface area contributed by atoms with Crippen LogP contribution in [0, 0.1) is 12.7 Å². The summed E-state index contributed by atoms with van der Waals surface area (Å²) in [6, 6.07) is 6.80. The molecular formula is C19H24FN3O. The van der Waals surface area contributed by atoms with Gasteiger partial charge in [-0.25, -0.2) is 4.39 Å². The zero-order valence-corrected chi connectivity index (χ0v) is 14.1. The summed E-state index contributed by atoms with van der Waals surface area (Å²) in [5, 5.41) is 8.02. The molecule has 2 aromatic rings. The largest absolute Gasteiger partial charge is 0.380 e. The summed E-state index contributed by atoms with van der Waals surface area (Å²) in [7, 11) is 0. The molecule has 0 aliphatic carbocycles. The van der Waals surface area contributed by atoms with Crippen molar-refractivity contribution in [3.05, 3.63) is 65.8 Å². The highest BCUT2D eigenvalue weighted by atomic mass is 19.1. The third-order valence-electron chi connectivity index (χ3n) is 4.70. The summed E-state index contributed by atoms with van der Waals surface area (Å²) < 4.78 is 20.8. The summed E-state index contributed by atoms with van der Waals surface area (Å²) in [6.07, 6.45) is 4.84. The van der Waals surface area contributed by atoms with Gasteiger partial charge in [0.05, 0.1) is 18.8 Å². The first-order valence-electron chi connectivity index (χ1n) is 8.31. The van der Waals surface area contributed by atoms with Crippen molar-refractivity contribution in [3.63, 3.8) is 0 Å². The van der Waals surface area contributed by atoms with E-state index in [9.17, 15) is 4.39 Å². The molecule has 1 N–H and O–H groups in total. The second-order valence-electron chi connectivity index (χ2n) is 6.44. The van der Waals surface area contributed by atoms with Gasteiger partial charge < -0.3 is 10.1 Å². The van der Waals surface area contributed by atoms with E-state index in [-0.39, 0.29) is 11.2 Å². The van der Waals surface area contributed by atoms with Crippen molar-refractivity contribution in [2.24, 2.45) is 0 Å². The lowest BCUT2D eigenvalue weighted by molar-refractivity contribution is 0.176. The minimum atomic E-state index is -0.203. The first-order valence-corrected chi connectivity index (χ1v) is 8.31. The topological polar surface area (TPSA) is 39.1 Å². The summed E-state index contributed by atoms with van der Waals surface area (Å²) in [5.74, 6) is -0.203. The number of ether oxygens (including phenoxy) is 1. The molecule has 1 atom stereocenters. The van der Waals surface area contributed by atoms with Crippen molar-refractivity contribution in [2.45, 2.75) is 31.8 Å². The zero-order chi connectivity index (χ0) is 17.0. The fraction of sp³-hybridized carbons (Fsp3) is 0.421. The normalized spacial score (nSPS) is 20.4. The van der Waals surface area contributed by atoms with Crippen LogP contribution < -0.4 is 5.32 Å². The minimum Gasteiger partial charge on any atom is -0.380 e. The van der Waals surface area contributed by atoms with Gasteiger partial charge in [0.15, 0.2) is 0 Å². The molecule has 0 unspecified atom stereocenters. The number of aromatic nitrogens is 2. The van der Waals surface area contributed by atoms with Gasteiger partial charge in [-0.2, -0.15) is 5.10 Å². The molecule has 0 bridgehead atoms. The van der Waals surface area contributed by atoms with Gasteiger partial charge >= 0.3 is 0 Å². The Hall–Kier alpha value is -1.98. The summed E-state index contributed by atoms with van der Waals surface area (Å²) in [5.41, 5.74) is 3.26. The molecule has 1 aromatic carbocycles. The lowest BCUT2D eigenvalue weighted by Gasteiger charge is -2.28. The van der Waals surface area contributed by atoms with Crippen molar-refractivity contribution in [2.75, 3.05) is 19.8 Å². The number of benzene rings is 1. The Bertz CT molecular complexity index is 687. The SMILES string of the molecule is C=CCn1cc(CNC[C@]2(c3ccc(F)cc3)CCOC2)c(C)n1. The van der Waals surface area contributed by atoms with Crippen LogP contribution in [-0.2, 0) is 23.2 Å². The molecule has 0 spiro atoms. The van der Waals surface area contributed by atoms with Crippen LogP contribution in [-0.4, -0.2) is 29.5 Å². The molecule has 24 heavy (non-hydrogen) atoms. The van der Waals surface area contributed by atoms with E-state index in [0.717, 1.165) is 37.4 Å². The van der Waals surface area contributed by atoms with Gasteiger partial charge in [0.2, 0.25) is 0 Å². The van der Waals surface area contributed by atoms with E-state index in [2.05, 4.69) is 23.2 Å². The Labute approximate surface area is 142 Å². The highest BCUT2D eigenvalue weighted by molar-refractivity contribution is 5.28. The van der Waals surface area contributed by atoms with Crippen LogP contribution in [0.25, 0.3) is 0 Å². The van der Waals surface area contributed by atoms with Crippen LogP contribution in [0.1, 0.15) is 23.2 Å². The highest BCUT2D eigenvalue weighted by Crippen LogP contribution is 2.32. The number of halogens is 1. The van der Waals surface area contributed by atoms with Crippen LogP contribution in [0.4, 0.5) is 4.39 Å². The Kier molecular flexibility index (Phi) is 5.11. The molecule has 1 aromatic heterocycles. The number of aryl methyl sites for hydroxylation is 1. The lowest BCUT2D eigenvalue weighted by atomic mass is 9.79. The van der Waals surface area contributed by atoms with Crippen molar-refractivity contribution >= 4 is 0 Å². The van der Waals surface area contributed by atoms with E-state index in [4.69, 9.17) is 4.74 Å². The molecule has 0 radical (unpaired) electrons. The Morgan fingerprint density at radius 1 is 1.42 bits per heavy atom. The van der Waals surface area contributed by atoms with E-state index in [0.29, 0.717) is 13.2 Å². The molecule has 2 heterocycles. The summed E-state index contributed by atoms with van der Waals surface area (Å²) >= 11 is 0. The molecule has 5 heteroatoms. The van der Waals surface area contributed by atoms with E-state index in [1.54, 1.807) is 0 Å². The van der Waals surface area contributed by atoms with Gasteiger partial charge in [-0.15, -0.1) is 6.58 Å². The predicted molar refractivity (Wildman–Crippen MR) is 92.4 cm³/mol. The van der Waals surface area contributed by atoms with E-state index in [1.807, 2.05) is 29.8 Å². The second kappa shape index (κ2) is 7.28. The quantitative estimate of drug-likeness (QED) is 0.794. The van der Waals surface area contributed by atoms with Gasteiger partial charge in [0.1, 0.15) is 5.82 Å². The number of allylic oxidation sites excluding steroid dienone is 1. The van der Waals surface area contributed by atoms with E-state index >= 15 is 0 Å². The van der Waals surface area contributed by atoms with Crippen molar-refractivity contribution in [1.29, 1.82) is 0 Å². The smallest absolute Gasteiger partial charge is 0.123 e. The molecule has 1 fully saturated rings. The second-order valence-corrected chi connectivity index (χ2v) is 6.44. The molecule has 1 aliphatic rings. The van der Waals surface area contributed by atoms with Crippen molar-refractivity contribution in [1.82, 2.24) is 15.1 Å². The maximum atomic E-state index is 13.2. The number of nitrogens with one attached hydrogen (secondary N) is 1. The Morgan fingerprint density at radius 2 is 2.21 bits per heavy atom. The van der Waals surface area contributed by atoms with Crippen LogP contribution in [0.3, 0.4) is 0 Å². The average molecular weight is 329 g/mol. The first-order chi connectivity index (χ1) is 11.6. The third-order valence-corrected chi connectivity index (χ3v) is 4.70. The fourth-order valence-corrected chi connectivity index (χ4v) is 3.27. The zero-order valence-electron chi connectivity index (χ0n) is 14.1. The van der Waals surface area contributed by atoms with Crippen LogP contribution in [0.15, 0.2) is 43.1 Å². The Balaban J connectivity index is 1.67. The molecule has 0 amide bonds. The monoisotopic (exact) mass is 329 g/mol. The molecule has 0 saturated carbocycles. The van der Waals surface area contributed by atoms with Gasteiger partial charge in [-0.3, -0.25) is 4.68 Å². The first kappa shape index (κ1) is 16.9. The van der Waals surface area contributed by atoms with Crippen molar-refractivity contribution in [3.8, 4) is 0 Å². The van der Waals surface area contributed by atoms with Gasteiger partial charge in [0, 0.05) is 36.9 Å². The minimum absolute atomic E-state index is 0.0846. The van der Waals surface area contributed by atoms with Crippen LogP contribution in [0.2, 0.25) is 0 Å². The van der Waals surface area contributed by atoms with Gasteiger partial charge in [0.25, 0.3) is 0 Å².